The molecule has 0 bridgehead atoms. The van der Waals surface area contributed by atoms with Crippen molar-refractivity contribution >= 4 is 32.5 Å². The number of aromatic nitrogens is 2. The van der Waals surface area contributed by atoms with Crippen molar-refractivity contribution < 1.29 is 4.74 Å². The number of nitrogens with zero attached hydrogens (tertiary/aromatic N) is 2. The van der Waals surface area contributed by atoms with Crippen molar-refractivity contribution in [3.8, 4) is 5.75 Å². The second-order valence-corrected chi connectivity index (χ2v) is 5.15. The summed E-state index contributed by atoms with van der Waals surface area (Å²) in [5, 5.41) is 4.11. The molecule has 19 heavy (non-hydrogen) atoms. The number of nitrogens with one attached hydrogen (secondary N) is 1. The highest BCUT2D eigenvalue weighted by Crippen LogP contribution is 2.31. The Morgan fingerprint density at radius 1 is 1.26 bits per heavy atom. The summed E-state index contributed by atoms with van der Waals surface area (Å²) < 4.78 is 5.35. The van der Waals surface area contributed by atoms with E-state index in [0.717, 1.165) is 26.9 Å². The second-order valence-electron chi connectivity index (χ2n) is 4.18. The monoisotopic (exact) mass is 271 g/mol. The molecule has 0 amide bonds. The van der Waals surface area contributed by atoms with Crippen LogP contribution in [0.4, 0.5) is 10.8 Å². The van der Waals surface area contributed by atoms with Crippen LogP contribution in [-0.4, -0.2) is 17.1 Å². The maximum atomic E-state index is 5.35. The van der Waals surface area contributed by atoms with E-state index in [-0.39, 0.29) is 0 Å². The molecule has 0 aliphatic rings. The average Bonchev–Trinajstić information content (AvgIpc) is 2.81. The zero-order chi connectivity index (χ0) is 13.2. The number of aryl methyl sites for hydroxylation is 1. The van der Waals surface area contributed by atoms with Crippen molar-refractivity contribution in [2.75, 3.05) is 12.4 Å². The first-order valence-corrected chi connectivity index (χ1v) is 6.71. The van der Waals surface area contributed by atoms with Crippen LogP contribution in [0.1, 0.15) is 5.56 Å². The molecule has 4 nitrogen and oxygen atoms in total. The quantitative estimate of drug-likeness (QED) is 0.788. The Bertz CT molecular complexity index is 691. The van der Waals surface area contributed by atoms with Crippen molar-refractivity contribution in [2.24, 2.45) is 0 Å². The van der Waals surface area contributed by atoms with Gasteiger partial charge in [0.25, 0.3) is 0 Å². The molecule has 0 unspecified atom stereocenters. The van der Waals surface area contributed by atoms with Gasteiger partial charge in [-0.2, -0.15) is 0 Å². The number of anilines is 2. The van der Waals surface area contributed by atoms with Gasteiger partial charge in [-0.1, -0.05) is 17.4 Å². The SMILES string of the molecule is COc1ccc(C)cc1Nc1nc2cccnc2s1. The Hall–Kier alpha value is -2.14. The van der Waals surface area contributed by atoms with E-state index in [2.05, 4.69) is 15.3 Å². The summed E-state index contributed by atoms with van der Waals surface area (Å²) in [6.45, 7) is 2.05. The third-order valence-corrected chi connectivity index (χ3v) is 3.66. The van der Waals surface area contributed by atoms with Crippen LogP contribution in [0.3, 0.4) is 0 Å². The first kappa shape index (κ1) is 11.9. The third-order valence-electron chi connectivity index (χ3n) is 2.76. The predicted molar refractivity (Wildman–Crippen MR) is 78.4 cm³/mol. The third kappa shape index (κ3) is 2.37. The van der Waals surface area contributed by atoms with Gasteiger partial charge < -0.3 is 10.1 Å². The van der Waals surface area contributed by atoms with Crippen molar-refractivity contribution in [2.45, 2.75) is 6.92 Å². The highest BCUT2D eigenvalue weighted by molar-refractivity contribution is 7.21. The number of ether oxygens (including phenoxy) is 1. The molecule has 0 fully saturated rings. The molecule has 0 saturated heterocycles. The lowest BCUT2D eigenvalue weighted by Crippen LogP contribution is -1.94. The average molecular weight is 271 g/mol. The Morgan fingerprint density at radius 2 is 2.16 bits per heavy atom. The van der Waals surface area contributed by atoms with Crippen molar-refractivity contribution in [1.29, 1.82) is 0 Å². The maximum Gasteiger partial charge on any atom is 0.189 e. The topological polar surface area (TPSA) is 47.0 Å². The van der Waals surface area contributed by atoms with Gasteiger partial charge in [0.1, 0.15) is 16.1 Å². The molecule has 0 aliphatic heterocycles. The molecule has 0 radical (unpaired) electrons. The summed E-state index contributed by atoms with van der Waals surface area (Å²) >= 11 is 1.53. The van der Waals surface area contributed by atoms with Gasteiger partial charge in [0.05, 0.1) is 12.8 Å². The highest BCUT2D eigenvalue weighted by atomic mass is 32.1. The zero-order valence-electron chi connectivity index (χ0n) is 10.7. The summed E-state index contributed by atoms with van der Waals surface area (Å²) in [5.41, 5.74) is 2.99. The van der Waals surface area contributed by atoms with Crippen LogP contribution in [0.15, 0.2) is 36.5 Å². The van der Waals surface area contributed by atoms with E-state index in [1.165, 1.54) is 16.9 Å². The van der Waals surface area contributed by atoms with Gasteiger partial charge in [0.15, 0.2) is 5.13 Å². The van der Waals surface area contributed by atoms with Gasteiger partial charge in [-0.05, 0) is 36.8 Å². The molecule has 0 aliphatic carbocycles. The standard InChI is InChI=1S/C14H13N3OS/c1-9-5-6-12(18-2)11(8-9)17-14-16-10-4-3-7-15-13(10)19-14/h3-8H,1-2H3,(H,16,17). The Labute approximate surface area is 115 Å². The number of benzene rings is 1. The predicted octanol–water partition coefficient (Wildman–Crippen LogP) is 3.75. The molecule has 96 valence electrons. The van der Waals surface area contributed by atoms with Gasteiger partial charge in [0.2, 0.25) is 0 Å². The molecule has 1 aromatic carbocycles. The van der Waals surface area contributed by atoms with Crippen molar-refractivity contribution in [1.82, 2.24) is 9.97 Å². The van der Waals surface area contributed by atoms with Crippen LogP contribution in [0.2, 0.25) is 0 Å². The summed E-state index contributed by atoms with van der Waals surface area (Å²) in [6, 6.07) is 9.85. The van der Waals surface area contributed by atoms with E-state index in [0.29, 0.717) is 0 Å². The number of hydrogen-bond acceptors (Lipinski definition) is 5. The fourth-order valence-electron chi connectivity index (χ4n) is 1.86. The maximum absolute atomic E-state index is 5.35. The van der Waals surface area contributed by atoms with Crippen molar-refractivity contribution in [3.05, 3.63) is 42.1 Å². The number of thiazole rings is 1. The van der Waals surface area contributed by atoms with E-state index in [9.17, 15) is 0 Å². The Balaban J connectivity index is 1.98. The first-order valence-electron chi connectivity index (χ1n) is 5.89. The van der Waals surface area contributed by atoms with E-state index in [4.69, 9.17) is 4.74 Å². The molecule has 2 aromatic heterocycles. The lowest BCUT2D eigenvalue weighted by molar-refractivity contribution is 0.416. The van der Waals surface area contributed by atoms with Gasteiger partial charge in [-0.15, -0.1) is 0 Å². The van der Waals surface area contributed by atoms with Gasteiger partial charge in [-0.25, -0.2) is 9.97 Å². The highest BCUT2D eigenvalue weighted by Gasteiger charge is 2.08. The lowest BCUT2D eigenvalue weighted by Gasteiger charge is -2.09. The first-order chi connectivity index (χ1) is 9.26. The number of pyridine rings is 1. The molecule has 0 atom stereocenters. The molecule has 3 rings (SSSR count). The number of fused-ring (bicyclic) bond motifs is 1. The fraction of sp³-hybridized carbons (Fsp3) is 0.143. The lowest BCUT2D eigenvalue weighted by atomic mass is 10.2. The summed E-state index contributed by atoms with van der Waals surface area (Å²) in [7, 11) is 1.66. The van der Waals surface area contributed by atoms with Crippen LogP contribution < -0.4 is 10.1 Å². The zero-order valence-corrected chi connectivity index (χ0v) is 11.5. The number of rotatable bonds is 3. The van der Waals surface area contributed by atoms with E-state index in [1.807, 2.05) is 37.3 Å². The summed E-state index contributed by atoms with van der Waals surface area (Å²) in [6.07, 6.45) is 1.78. The molecule has 0 saturated carbocycles. The molecule has 2 heterocycles. The molecule has 0 spiro atoms. The molecular weight excluding hydrogens is 258 g/mol. The van der Waals surface area contributed by atoms with Crippen LogP contribution >= 0.6 is 11.3 Å². The minimum Gasteiger partial charge on any atom is -0.495 e. The Kier molecular flexibility index (Phi) is 3.05. The normalized spacial score (nSPS) is 10.6. The van der Waals surface area contributed by atoms with E-state index in [1.54, 1.807) is 13.3 Å². The van der Waals surface area contributed by atoms with Crippen LogP contribution in [0.5, 0.6) is 5.75 Å². The van der Waals surface area contributed by atoms with Gasteiger partial charge in [-0.3, -0.25) is 0 Å². The largest absolute Gasteiger partial charge is 0.495 e. The van der Waals surface area contributed by atoms with Gasteiger partial charge in [0, 0.05) is 6.20 Å². The minimum absolute atomic E-state index is 0.804. The Morgan fingerprint density at radius 3 is 2.95 bits per heavy atom. The molecular formula is C14H13N3OS. The van der Waals surface area contributed by atoms with Crippen LogP contribution in [-0.2, 0) is 0 Å². The van der Waals surface area contributed by atoms with Gasteiger partial charge >= 0.3 is 0 Å². The second kappa shape index (κ2) is 4.85. The van der Waals surface area contributed by atoms with E-state index < -0.39 is 0 Å². The fourth-order valence-corrected chi connectivity index (χ4v) is 2.68. The molecule has 5 heteroatoms. The smallest absolute Gasteiger partial charge is 0.189 e. The van der Waals surface area contributed by atoms with Crippen LogP contribution in [0, 0.1) is 6.92 Å². The van der Waals surface area contributed by atoms with E-state index >= 15 is 0 Å². The molecule has 3 aromatic rings. The minimum atomic E-state index is 0.804. The van der Waals surface area contributed by atoms with Crippen LogP contribution in [0.25, 0.3) is 10.3 Å². The summed E-state index contributed by atoms with van der Waals surface area (Å²) in [4.78, 5) is 9.72. The van der Waals surface area contributed by atoms with Crippen molar-refractivity contribution in [3.63, 3.8) is 0 Å². The molecule has 1 N–H and O–H groups in total. The number of methoxy groups -OCH3 is 1. The summed E-state index contributed by atoms with van der Waals surface area (Å²) in [5.74, 6) is 0.804. The number of hydrogen-bond donors (Lipinski definition) is 1.